The third-order valence-electron chi connectivity index (χ3n) is 3.93. The quantitative estimate of drug-likeness (QED) is 0.729. The maximum absolute atomic E-state index is 10.6. The molecule has 2 aliphatic rings. The normalized spacial score (nSPS) is 32.5. The smallest absolute Gasteiger partial charge is 0.317 e. The van der Waals surface area contributed by atoms with Crippen molar-refractivity contribution in [1.29, 1.82) is 0 Å². The Labute approximate surface area is 102 Å². The van der Waals surface area contributed by atoms with Gasteiger partial charge in [-0.2, -0.15) is 0 Å². The molecule has 0 aromatic rings. The van der Waals surface area contributed by atoms with E-state index >= 15 is 0 Å². The number of aliphatic hydroxyl groups is 1. The summed E-state index contributed by atoms with van der Waals surface area (Å²) in [5.41, 5.74) is 0. The zero-order valence-electron chi connectivity index (χ0n) is 10.2. The molecule has 2 rings (SSSR count). The van der Waals surface area contributed by atoms with Crippen molar-refractivity contribution in [2.75, 3.05) is 32.7 Å². The monoisotopic (exact) mass is 242 g/mol. The van der Waals surface area contributed by atoms with E-state index in [1.54, 1.807) is 0 Å². The summed E-state index contributed by atoms with van der Waals surface area (Å²) in [5.74, 6) is -0.754. The molecular weight excluding hydrogens is 220 g/mol. The molecule has 2 N–H and O–H groups in total. The summed E-state index contributed by atoms with van der Waals surface area (Å²) in [6.45, 7) is 3.51. The minimum absolute atomic E-state index is 0.140. The van der Waals surface area contributed by atoms with E-state index in [0.29, 0.717) is 6.04 Å². The molecule has 17 heavy (non-hydrogen) atoms. The van der Waals surface area contributed by atoms with Gasteiger partial charge in [0, 0.05) is 32.2 Å². The van der Waals surface area contributed by atoms with Crippen LogP contribution < -0.4 is 0 Å². The van der Waals surface area contributed by atoms with Gasteiger partial charge in [0.2, 0.25) is 0 Å². The Morgan fingerprint density at radius 3 is 2.35 bits per heavy atom. The van der Waals surface area contributed by atoms with Crippen molar-refractivity contribution in [1.82, 2.24) is 9.80 Å². The fraction of sp³-hybridized carbons (Fsp3) is 0.917. The summed E-state index contributed by atoms with van der Waals surface area (Å²) in [5, 5.41) is 18.7. The topological polar surface area (TPSA) is 64.0 Å². The highest BCUT2D eigenvalue weighted by Crippen LogP contribution is 2.24. The minimum Gasteiger partial charge on any atom is -0.480 e. The molecule has 98 valence electrons. The summed E-state index contributed by atoms with van der Waals surface area (Å²) in [6.07, 6.45) is 4.16. The van der Waals surface area contributed by atoms with E-state index in [1.165, 1.54) is 6.42 Å². The van der Waals surface area contributed by atoms with Crippen molar-refractivity contribution >= 4 is 5.97 Å². The lowest BCUT2D eigenvalue weighted by atomic mass is 9.91. The predicted octanol–water partition coefficient (Wildman–Crippen LogP) is -0.00790. The maximum Gasteiger partial charge on any atom is 0.317 e. The first kappa shape index (κ1) is 12.8. The largest absolute Gasteiger partial charge is 0.480 e. The summed E-state index contributed by atoms with van der Waals surface area (Å²) in [7, 11) is 0. The van der Waals surface area contributed by atoms with E-state index in [-0.39, 0.29) is 12.6 Å². The second-order valence-electron chi connectivity index (χ2n) is 5.13. The number of carboxylic acids is 1. The van der Waals surface area contributed by atoms with Gasteiger partial charge in [0.15, 0.2) is 0 Å². The number of piperazine rings is 1. The number of hydrogen-bond acceptors (Lipinski definition) is 4. The van der Waals surface area contributed by atoms with Crippen LogP contribution in [0.15, 0.2) is 0 Å². The fourth-order valence-electron chi connectivity index (χ4n) is 2.96. The van der Waals surface area contributed by atoms with Crippen LogP contribution in [0.2, 0.25) is 0 Å². The lowest BCUT2D eigenvalue weighted by molar-refractivity contribution is -0.139. The van der Waals surface area contributed by atoms with Crippen LogP contribution in [0.25, 0.3) is 0 Å². The van der Waals surface area contributed by atoms with Gasteiger partial charge < -0.3 is 10.2 Å². The molecule has 2 unspecified atom stereocenters. The Bertz CT molecular complexity index is 264. The molecule has 1 saturated heterocycles. The number of aliphatic hydroxyl groups excluding tert-OH is 1. The predicted molar refractivity (Wildman–Crippen MR) is 63.9 cm³/mol. The Morgan fingerprint density at radius 2 is 1.76 bits per heavy atom. The van der Waals surface area contributed by atoms with E-state index in [9.17, 15) is 9.90 Å². The Hall–Kier alpha value is -0.650. The van der Waals surface area contributed by atoms with Crippen molar-refractivity contribution in [3.05, 3.63) is 0 Å². The van der Waals surface area contributed by atoms with Crippen molar-refractivity contribution in [2.24, 2.45) is 0 Å². The van der Waals surface area contributed by atoms with Crippen molar-refractivity contribution < 1.29 is 15.0 Å². The van der Waals surface area contributed by atoms with Crippen molar-refractivity contribution in [3.63, 3.8) is 0 Å². The molecule has 1 heterocycles. The van der Waals surface area contributed by atoms with Crippen LogP contribution in [-0.4, -0.2) is 70.9 Å². The van der Waals surface area contributed by atoms with E-state index < -0.39 is 5.97 Å². The fourth-order valence-corrected chi connectivity index (χ4v) is 2.96. The van der Waals surface area contributed by atoms with Gasteiger partial charge in [-0.1, -0.05) is 12.8 Å². The first-order valence-electron chi connectivity index (χ1n) is 6.53. The van der Waals surface area contributed by atoms with E-state index in [0.717, 1.165) is 45.4 Å². The lowest BCUT2D eigenvalue weighted by Crippen LogP contribution is -2.55. The van der Waals surface area contributed by atoms with Crippen LogP contribution in [0.5, 0.6) is 0 Å². The van der Waals surface area contributed by atoms with E-state index in [2.05, 4.69) is 4.90 Å². The average Bonchev–Trinajstić information content (AvgIpc) is 2.30. The molecule has 0 amide bonds. The Balaban J connectivity index is 1.79. The summed E-state index contributed by atoms with van der Waals surface area (Å²) in [4.78, 5) is 14.9. The third-order valence-corrected chi connectivity index (χ3v) is 3.93. The molecule has 2 atom stereocenters. The first-order chi connectivity index (χ1) is 8.16. The summed E-state index contributed by atoms with van der Waals surface area (Å²) in [6, 6.07) is 0.302. The maximum atomic E-state index is 10.6. The standard InChI is InChI=1S/C12H22N2O3/c15-11-4-2-1-3-10(11)14-7-5-13(6-8-14)9-12(16)17/h10-11,15H,1-9H2,(H,16,17). The SMILES string of the molecule is O=C(O)CN1CCN(C2CCCCC2O)CC1. The molecule has 5 heteroatoms. The molecule has 5 nitrogen and oxygen atoms in total. The second-order valence-corrected chi connectivity index (χ2v) is 5.13. The first-order valence-corrected chi connectivity index (χ1v) is 6.53. The zero-order chi connectivity index (χ0) is 12.3. The zero-order valence-corrected chi connectivity index (χ0v) is 10.2. The number of rotatable bonds is 3. The molecule has 0 aromatic heterocycles. The number of hydrogen-bond donors (Lipinski definition) is 2. The molecule has 1 aliphatic carbocycles. The molecule has 1 saturated carbocycles. The highest BCUT2D eigenvalue weighted by molar-refractivity contribution is 5.69. The van der Waals surface area contributed by atoms with Gasteiger partial charge in [-0.05, 0) is 12.8 Å². The van der Waals surface area contributed by atoms with Crippen LogP contribution >= 0.6 is 0 Å². The lowest BCUT2D eigenvalue weighted by Gasteiger charge is -2.42. The summed E-state index contributed by atoms with van der Waals surface area (Å²) < 4.78 is 0. The Morgan fingerprint density at radius 1 is 1.12 bits per heavy atom. The molecule has 0 bridgehead atoms. The highest BCUT2D eigenvalue weighted by Gasteiger charge is 2.30. The highest BCUT2D eigenvalue weighted by atomic mass is 16.4. The minimum atomic E-state index is -0.754. The van der Waals surface area contributed by atoms with E-state index in [1.807, 2.05) is 4.90 Å². The van der Waals surface area contributed by atoms with Gasteiger partial charge in [0.05, 0.1) is 12.6 Å². The van der Waals surface area contributed by atoms with Gasteiger partial charge in [0.25, 0.3) is 0 Å². The van der Waals surface area contributed by atoms with Crippen LogP contribution in [0.1, 0.15) is 25.7 Å². The molecular formula is C12H22N2O3. The molecule has 1 aliphatic heterocycles. The molecule has 2 fully saturated rings. The second kappa shape index (κ2) is 5.80. The molecule has 0 radical (unpaired) electrons. The van der Waals surface area contributed by atoms with Gasteiger partial charge in [-0.15, -0.1) is 0 Å². The van der Waals surface area contributed by atoms with Crippen LogP contribution in [0, 0.1) is 0 Å². The van der Waals surface area contributed by atoms with Gasteiger partial charge in [0.1, 0.15) is 0 Å². The Kier molecular flexibility index (Phi) is 4.36. The van der Waals surface area contributed by atoms with Crippen LogP contribution in [0.3, 0.4) is 0 Å². The van der Waals surface area contributed by atoms with Gasteiger partial charge in [-0.3, -0.25) is 14.6 Å². The number of nitrogens with zero attached hydrogens (tertiary/aromatic N) is 2. The van der Waals surface area contributed by atoms with Crippen LogP contribution in [-0.2, 0) is 4.79 Å². The van der Waals surface area contributed by atoms with Crippen LogP contribution in [0.4, 0.5) is 0 Å². The van der Waals surface area contributed by atoms with E-state index in [4.69, 9.17) is 5.11 Å². The van der Waals surface area contributed by atoms with Gasteiger partial charge >= 0.3 is 5.97 Å². The average molecular weight is 242 g/mol. The molecule has 0 aromatic carbocycles. The summed E-state index contributed by atoms with van der Waals surface area (Å²) >= 11 is 0. The van der Waals surface area contributed by atoms with Crippen molar-refractivity contribution in [3.8, 4) is 0 Å². The number of carboxylic acid groups (broad SMARTS) is 1. The number of carbonyl (C=O) groups is 1. The third kappa shape index (κ3) is 3.40. The van der Waals surface area contributed by atoms with Gasteiger partial charge in [-0.25, -0.2) is 0 Å². The van der Waals surface area contributed by atoms with Crippen molar-refractivity contribution in [2.45, 2.75) is 37.8 Å². The molecule has 0 spiro atoms. The number of aliphatic carboxylic acids is 1.